The number of rotatable bonds is 4. The lowest BCUT2D eigenvalue weighted by atomic mass is 9.96. The van der Waals surface area contributed by atoms with E-state index in [4.69, 9.17) is 0 Å². The minimum atomic E-state index is 0.227. The summed E-state index contributed by atoms with van der Waals surface area (Å²) in [6.07, 6.45) is 4.04. The van der Waals surface area contributed by atoms with Crippen LogP contribution < -0.4 is 5.32 Å². The Balaban J connectivity index is 3.92. The molecule has 0 aliphatic carbocycles. The summed E-state index contributed by atoms with van der Waals surface area (Å²) >= 11 is 0. The second-order valence-electron chi connectivity index (χ2n) is 2.76. The van der Waals surface area contributed by atoms with Crippen LogP contribution in [0.2, 0.25) is 0 Å². The van der Waals surface area contributed by atoms with Crippen LogP contribution >= 0.6 is 0 Å². The molecule has 10 heavy (non-hydrogen) atoms. The lowest BCUT2D eigenvalue weighted by Gasteiger charge is -2.26. The first-order valence-corrected chi connectivity index (χ1v) is 3.80. The van der Waals surface area contributed by atoms with Gasteiger partial charge in [-0.2, -0.15) is 0 Å². The highest BCUT2D eigenvalue weighted by molar-refractivity contribution is 4.87. The second kappa shape index (κ2) is 4.19. The van der Waals surface area contributed by atoms with E-state index in [0.717, 1.165) is 12.8 Å². The highest BCUT2D eigenvalue weighted by Gasteiger charge is 2.15. The van der Waals surface area contributed by atoms with Crippen molar-refractivity contribution in [3.05, 3.63) is 18.5 Å². The lowest BCUT2D eigenvalue weighted by Crippen LogP contribution is -2.37. The van der Waals surface area contributed by atoms with Gasteiger partial charge in [-0.15, -0.1) is 5.73 Å². The molecular weight excluding hydrogens is 122 g/mol. The summed E-state index contributed by atoms with van der Waals surface area (Å²) in [5.41, 5.74) is 2.93. The molecule has 0 aromatic carbocycles. The molecule has 0 spiro atoms. The van der Waals surface area contributed by atoms with E-state index in [-0.39, 0.29) is 5.54 Å². The summed E-state index contributed by atoms with van der Waals surface area (Å²) in [5.74, 6) is 0. The number of hydrogen-bond acceptors (Lipinski definition) is 1. The first-order chi connectivity index (χ1) is 4.68. The molecule has 0 unspecified atom stereocenters. The summed E-state index contributed by atoms with van der Waals surface area (Å²) in [6.45, 7) is 10.0. The van der Waals surface area contributed by atoms with Gasteiger partial charge in [-0.25, -0.2) is 0 Å². The van der Waals surface area contributed by atoms with Crippen LogP contribution in [-0.4, -0.2) is 5.54 Å². The van der Waals surface area contributed by atoms with E-state index in [2.05, 4.69) is 38.4 Å². The molecule has 0 saturated heterocycles. The average molecular weight is 139 g/mol. The SMILES string of the molecule is C=C=CNC(C)(CC)CC. The summed E-state index contributed by atoms with van der Waals surface area (Å²) in [4.78, 5) is 0. The number of nitrogens with one attached hydrogen (secondary N) is 1. The third kappa shape index (κ3) is 2.75. The predicted octanol–water partition coefficient (Wildman–Crippen LogP) is 2.45. The first-order valence-electron chi connectivity index (χ1n) is 3.80. The molecule has 0 aliphatic rings. The minimum absolute atomic E-state index is 0.227. The normalized spacial score (nSPS) is 10.3. The minimum Gasteiger partial charge on any atom is -0.380 e. The van der Waals surface area contributed by atoms with Gasteiger partial charge in [-0.3, -0.25) is 0 Å². The van der Waals surface area contributed by atoms with Crippen LogP contribution in [0.25, 0.3) is 0 Å². The molecule has 0 aromatic heterocycles. The Morgan fingerprint density at radius 3 is 2.30 bits per heavy atom. The Labute approximate surface area is 63.8 Å². The topological polar surface area (TPSA) is 12.0 Å². The monoisotopic (exact) mass is 139 g/mol. The molecule has 0 heterocycles. The Morgan fingerprint density at radius 1 is 1.50 bits per heavy atom. The van der Waals surface area contributed by atoms with Crippen molar-refractivity contribution in [2.24, 2.45) is 0 Å². The van der Waals surface area contributed by atoms with Gasteiger partial charge in [0.05, 0.1) is 0 Å². The van der Waals surface area contributed by atoms with E-state index in [9.17, 15) is 0 Å². The standard InChI is InChI=1S/C9H17N/c1-5-8-10-9(4,6-2)7-3/h8,10H,1,6-7H2,2-4H3. The summed E-state index contributed by atoms with van der Waals surface area (Å²) in [5, 5.41) is 3.25. The van der Waals surface area contributed by atoms with E-state index in [1.807, 2.05) is 0 Å². The van der Waals surface area contributed by atoms with E-state index >= 15 is 0 Å². The van der Waals surface area contributed by atoms with Crippen molar-refractivity contribution in [3.63, 3.8) is 0 Å². The van der Waals surface area contributed by atoms with Gasteiger partial charge in [0, 0.05) is 11.7 Å². The van der Waals surface area contributed by atoms with Crippen molar-refractivity contribution in [2.75, 3.05) is 0 Å². The molecule has 1 N–H and O–H groups in total. The van der Waals surface area contributed by atoms with Gasteiger partial charge in [0.15, 0.2) is 0 Å². The number of hydrogen-bond donors (Lipinski definition) is 1. The van der Waals surface area contributed by atoms with Crippen LogP contribution in [0.1, 0.15) is 33.6 Å². The zero-order valence-corrected chi connectivity index (χ0v) is 7.20. The molecule has 0 bridgehead atoms. The molecule has 1 nitrogen and oxygen atoms in total. The van der Waals surface area contributed by atoms with Crippen LogP contribution in [0.15, 0.2) is 18.5 Å². The summed E-state index contributed by atoms with van der Waals surface area (Å²) in [6, 6.07) is 0. The molecule has 0 saturated carbocycles. The zero-order chi connectivity index (χ0) is 8.04. The van der Waals surface area contributed by atoms with Crippen molar-refractivity contribution in [2.45, 2.75) is 39.2 Å². The average Bonchev–Trinajstić information content (AvgIpc) is 2.00. The molecule has 0 aliphatic heterocycles. The highest BCUT2D eigenvalue weighted by atomic mass is 14.9. The molecule has 1 heteroatoms. The van der Waals surface area contributed by atoms with Gasteiger partial charge in [0.25, 0.3) is 0 Å². The maximum Gasteiger partial charge on any atom is 0.0395 e. The largest absolute Gasteiger partial charge is 0.380 e. The molecule has 0 atom stereocenters. The quantitative estimate of drug-likeness (QED) is 0.590. The van der Waals surface area contributed by atoms with Gasteiger partial charge >= 0.3 is 0 Å². The Morgan fingerprint density at radius 2 is 2.00 bits per heavy atom. The summed E-state index contributed by atoms with van der Waals surface area (Å²) < 4.78 is 0. The Kier molecular flexibility index (Phi) is 3.90. The molecule has 0 amide bonds. The fraction of sp³-hybridized carbons (Fsp3) is 0.667. The second-order valence-corrected chi connectivity index (χ2v) is 2.76. The van der Waals surface area contributed by atoms with Crippen molar-refractivity contribution in [1.82, 2.24) is 5.32 Å². The van der Waals surface area contributed by atoms with Gasteiger partial charge in [0.1, 0.15) is 0 Å². The maximum atomic E-state index is 3.49. The molecule has 0 rings (SSSR count). The molecule has 0 radical (unpaired) electrons. The lowest BCUT2D eigenvalue weighted by molar-refractivity contribution is 0.375. The fourth-order valence-corrected chi connectivity index (χ4v) is 0.679. The molecule has 58 valence electrons. The van der Waals surface area contributed by atoms with E-state index in [0.29, 0.717) is 0 Å². The van der Waals surface area contributed by atoms with Crippen LogP contribution in [-0.2, 0) is 0 Å². The van der Waals surface area contributed by atoms with Gasteiger partial charge < -0.3 is 5.32 Å². The maximum absolute atomic E-state index is 3.49. The first kappa shape index (κ1) is 9.32. The van der Waals surface area contributed by atoms with Gasteiger partial charge in [0.2, 0.25) is 0 Å². The predicted molar refractivity (Wildman–Crippen MR) is 45.8 cm³/mol. The van der Waals surface area contributed by atoms with Crippen molar-refractivity contribution < 1.29 is 0 Å². The Bertz CT molecular complexity index is 128. The van der Waals surface area contributed by atoms with Crippen LogP contribution in [0, 0.1) is 0 Å². The van der Waals surface area contributed by atoms with Crippen molar-refractivity contribution in [1.29, 1.82) is 0 Å². The van der Waals surface area contributed by atoms with Crippen LogP contribution in [0.4, 0.5) is 0 Å². The van der Waals surface area contributed by atoms with Crippen LogP contribution in [0.5, 0.6) is 0 Å². The van der Waals surface area contributed by atoms with E-state index in [1.54, 1.807) is 6.20 Å². The molecule has 0 aromatic rings. The van der Waals surface area contributed by atoms with Gasteiger partial charge in [-0.1, -0.05) is 20.4 Å². The van der Waals surface area contributed by atoms with Gasteiger partial charge in [-0.05, 0) is 19.8 Å². The highest BCUT2D eigenvalue weighted by Crippen LogP contribution is 2.12. The van der Waals surface area contributed by atoms with E-state index < -0.39 is 0 Å². The smallest absolute Gasteiger partial charge is 0.0395 e. The van der Waals surface area contributed by atoms with Crippen molar-refractivity contribution in [3.8, 4) is 0 Å². The van der Waals surface area contributed by atoms with Crippen LogP contribution in [0.3, 0.4) is 0 Å². The zero-order valence-electron chi connectivity index (χ0n) is 7.20. The molecular formula is C9H17N. The summed E-state index contributed by atoms with van der Waals surface area (Å²) in [7, 11) is 0. The van der Waals surface area contributed by atoms with Crippen molar-refractivity contribution >= 4 is 0 Å². The third-order valence-electron chi connectivity index (χ3n) is 2.08. The third-order valence-corrected chi connectivity index (χ3v) is 2.08. The fourth-order valence-electron chi connectivity index (χ4n) is 0.679. The molecule has 0 fully saturated rings. The Hall–Kier alpha value is -0.680. The van der Waals surface area contributed by atoms with E-state index in [1.165, 1.54) is 0 Å².